The molecular weight excluding hydrogens is 484 g/mol. The minimum atomic E-state index is -0.515. The van der Waals surface area contributed by atoms with Crippen LogP contribution in [0.4, 0.5) is 0 Å². The minimum absolute atomic E-state index is 0.00752. The van der Waals surface area contributed by atoms with Gasteiger partial charge in [0.1, 0.15) is 5.69 Å². The molecule has 0 amide bonds. The van der Waals surface area contributed by atoms with Gasteiger partial charge in [-0.05, 0) is 43.3 Å². The highest BCUT2D eigenvalue weighted by Crippen LogP contribution is 2.20. The summed E-state index contributed by atoms with van der Waals surface area (Å²) in [4.78, 5) is 19.7. The Balaban J connectivity index is 0.000000161. The molecule has 0 saturated carbocycles. The first-order valence-electron chi connectivity index (χ1n) is 8.65. The second kappa shape index (κ2) is 8.90. The van der Waals surface area contributed by atoms with E-state index in [2.05, 4.69) is 41.8 Å². The van der Waals surface area contributed by atoms with Crippen molar-refractivity contribution in [2.24, 2.45) is 0 Å². The van der Waals surface area contributed by atoms with Crippen LogP contribution in [-0.2, 0) is 0 Å². The van der Waals surface area contributed by atoms with E-state index in [-0.39, 0.29) is 5.78 Å². The highest BCUT2D eigenvalue weighted by molar-refractivity contribution is 9.10. The minimum Gasteiger partial charge on any atom is -0.387 e. The van der Waals surface area contributed by atoms with Crippen molar-refractivity contribution in [3.63, 3.8) is 0 Å². The predicted octanol–water partition coefficient (Wildman–Crippen LogP) is 6.25. The highest BCUT2D eigenvalue weighted by Gasteiger charge is 2.04. The summed E-state index contributed by atoms with van der Waals surface area (Å²) < 4.78 is 1.97. The topological polar surface area (TPSA) is 63.1 Å². The molecular formula is C22H18Br2N2O2. The van der Waals surface area contributed by atoms with E-state index in [1.165, 1.54) is 6.92 Å². The summed E-state index contributed by atoms with van der Waals surface area (Å²) >= 11 is 6.76. The Labute approximate surface area is 179 Å². The zero-order chi connectivity index (χ0) is 20.3. The smallest absolute Gasteiger partial charge is 0.178 e. The number of benzene rings is 2. The third-order valence-corrected chi connectivity index (χ3v) is 5.11. The number of rotatable bonds is 2. The zero-order valence-electron chi connectivity index (χ0n) is 15.4. The lowest BCUT2D eigenvalue weighted by Crippen LogP contribution is -1.95. The number of halogens is 2. The molecule has 0 aliphatic rings. The lowest BCUT2D eigenvalue weighted by molar-refractivity contribution is 0.101. The van der Waals surface area contributed by atoms with Crippen LogP contribution in [0.3, 0.4) is 0 Å². The molecule has 0 spiro atoms. The SMILES string of the molecule is CC(=O)c1ccc2ccc(Br)cc2n1.C[C@@H](O)c1ccc2ccc(Br)cc2n1. The Morgan fingerprint density at radius 2 is 1.36 bits per heavy atom. The fourth-order valence-corrected chi connectivity index (χ4v) is 3.32. The Morgan fingerprint density at radius 3 is 1.89 bits per heavy atom. The first kappa shape index (κ1) is 20.6. The number of hydrogen-bond acceptors (Lipinski definition) is 4. The average Bonchev–Trinajstić information content (AvgIpc) is 2.67. The van der Waals surface area contributed by atoms with Crippen LogP contribution in [0.2, 0.25) is 0 Å². The van der Waals surface area contributed by atoms with Gasteiger partial charge in [-0.1, -0.05) is 56.1 Å². The van der Waals surface area contributed by atoms with E-state index < -0.39 is 6.10 Å². The first-order valence-corrected chi connectivity index (χ1v) is 10.2. The van der Waals surface area contributed by atoms with Gasteiger partial charge in [-0.2, -0.15) is 0 Å². The molecule has 6 heteroatoms. The molecule has 2 aromatic carbocycles. The molecule has 28 heavy (non-hydrogen) atoms. The number of aliphatic hydroxyl groups is 1. The van der Waals surface area contributed by atoms with Crippen LogP contribution in [0, 0.1) is 0 Å². The predicted molar refractivity (Wildman–Crippen MR) is 120 cm³/mol. The largest absolute Gasteiger partial charge is 0.387 e. The Bertz CT molecular complexity index is 1160. The molecule has 2 aromatic heterocycles. The molecule has 142 valence electrons. The van der Waals surface area contributed by atoms with Crippen LogP contribution in [0.15, 0.2) is 69.6 Å². The van der Waals surface area contributed by atoms with Crippen molar-refractivity contribution in [2.75, 3.05) is 0 Å². The molecule has 0 bridgehead atoms. The molecule has 4 rings (SSSR count). The lowest BCUT2D eigenvalue weighted by atomic mass is 10.2. The summed E-state index contributed by atoms with van der Waals surface area (Å²) in [6, 6.07) is 19.2. The third kappa shape index (κ3) is 5.01. The van der Waals surface area contributed by atoms with Gasteiger partial charge >= 0.3 is 0 Å². The summed E-state index contributed by atoms with van der Waals surface area (Å²) in [5.41, 5.74) is 2.95. The van der Waals surface area contributed by atoms with Crippen LogP contribution in [0.25, 0.3) is 21.8 Å². The highest BCUT2D eigenvalue weighted by atomic mass is 79.9. The van der Waals surface area contributed by atoms with Crippen LogP contribution < -0.4 is 0 Å². The standard InChI is InChI=1S/C11H10BrNO.C11H8BrNO/c2*1-7(14)10-5-3-8-2-4-9(12)6-11(8)13-10/h2-7,14H,1H3;2-6H,1H3/t7-;/m1./s1. The molecule has 0 aliphatic carbocycles. The van der Waals surface area contributed by atoms with Crippen LogP contribution in [0.1, 0.15) is 36.1 Å². The van der Waals surface area contributed by atoms with Crippen LogP contribution >= 0.6 is 31.9 Å². The Hall–Kier alpha value is -2.15. The number of Topliss-reactive ketones (excluding diaryl/α,β-unsaturated/α-hetero) is 1. The molecule has 1 N–H and O–H groups in total. The van der Waals surface area contributed by atoms with Crippen molar-refractivity contribution in [1.82, 2.24) is 9.97 Å². The fourth-order valence-electron chi connectivity index (χ4n) is 2.63. The number of pyridine rings is 2. The van der Waals surface area contributed by atoms with Gasteiger partial charge in [0.05, 0.1) is 22.8 Å². The molecule has 1 atom stereocenters. The average molecular weight is 502 g/mol. The number of carbonyl (C=O) groups is 1. The summed E-state index contributed by atoms with van der Waals surface area (Å²) in [7, 11) is 0. The van der Waals surface area contributed by atoms with Gasteiger partial charge in [-0.15, -0.1) is 0 Å². The molecule has 0 saturated heterocycles. The number of carbonyl (C=O) groups excluding carboxylic acids is 1. The number of nitrogens with zero attached hydrogens (tertiary/aromatic N) is 2. The van der Waals surface area contributed by atoms with Gasteiger partial charge in [-0.3, -0.25) is 9.78 Å². The summed E-state index contributed by atoms with van der Waals surface area (Å²) in [6.45, 7) is 3.23. The number of fused-ring (bicyclic) bond motifs is 2. The normalized spacial score (nSPS) is 11.8. The van der Waals surface area contributed by atoms with Crippen molar-refractivity contribution >= 4 is 59.4 Å². The molecule has 2 heterocycles. The molecule has 4 aromatic rings. The van der Waals surface area contributed by atoms with E-state index in [0.717, 1.165) is 30.8 Å². The fraction of sp³-hybridized carbons (Fsp3) is 0.136. The molecule has 0 radical (unpaired) electrons. The van der Waals surface area contributed by atoms with E-state index in [9.17, 15) is 9.90 Å². The van der Waals surface area contributed by atoms with Crippen LogP contribution in [-0.4, -0.2) is 20.9 Å². The van der Waals surface area contributed by atoms with Gasteiger partial charge in [0, 0.05) is 26.6 Å². The number of aromatic nitrogens is 2. The summed E-state index contributed by atoms with van der Waals surface area (Å²) in [5, 5.41) is 11.5. The van der Waals surface area contributed by atoms with E-state index in [1.807, 2.05) is 54.6 Å². The lowest BCUT2D eigenvalue weighted by Gasteiger charge is -2.05. The second-order valence-corrected chi connectivity index (χ2v) is 8.17. The second-order valence-electron chi connectivity index (χ2n) is 6.34. The molecule has 4 nitrogen and oxygen atoms in total. The van der Waals surface area contributed by atoms with Gasteiger partial charge in [-0.25, -0.2) is 4.98 Å². The molecule has 0 aliphatic heterocycles. The van der Waals surface area contributed by atoms with Crippen molar-refractivity contribution in [3.05, 3.63) is 81.0 Å². The van der Waals surface area contributed by atoms with Gasteiger partial charge in [0.15, 0.2) is 5.78 Å². The van der Waals surface area contributed by atoms with E-state index in [0.29, 0.717) is 11.4 Å². The van der Waals surface area contributed by atoms with E-state index in [1.54, 1.807) is 13.0 Å². The van der Waals surface area contributed by atoms with Crippen LogP contribution in [0.5, 0.6) is 0 Å². The molecule has 0 unspecified atom stereocenters. The van der Waals surface area contributed by atoms with E-state index in [4.69, 9.17) is 0 Å². The van der Waals surface area contributed by atoms with Crippen molar-refractivity contribution in [2.45, 2.75) is 20.0 Å². The van der Waals surface area contributed by atoms with Crippen molar-refractivity contribution in [1.29, 1.82) is 0 Å². The monoisotopic (exact) mass is 500 g/mol. The third-order valence-electron chi connectivity index (χ3n) is 4.12. The quantitative estimate of drug-likeness (QED) is 0.329. The van der Waals surface area contributed by atoms with Crippen molar-refractivity contribution in [3.8, 4) is 0 Å². The maximum Gasteiger partial charge on any atom is 0.178 e. The summed E-state index contributed by atoms with van der Waals surface area (Å²) in [5.74, 6) is -0.00752. The molecule has 0 fully saturated rings. The van der Waals surface area contributed by atoms with Gasteiger partial charge in [0.25, 0.3) is 0 Å². The van der Waals surface area contributed by atoms with Crippen molar-refractivity contribution < 1.29 is 9.90 Å². The number of aliphatic hydroxyl groups excluding tert-OH is 1. The van der Waals surface area contributed by atoms with Gasteiger partial charge in [0.2, 0.25) is 0 Å². The van der Waals surface area contributed by atoms with Gasteiger partial charge < -0.3 is 5.11 Å². The first-order chi connectivity index (χ1) is 13.3. The van der Waals surface area contributed by atoms with E-state index >= 15 is 0 Å². The maximum absolute atomic E-state index is 11.1. The Morgan fingerprint density at radius 1 is 0.857 bits per heavy atom. The summed E-state index contributed by atoms with van der Waals surface area (Å²) in [6.07, 6.45) is -0.515. The Kier molecular flexibility index (Phi) is 6.54. The zero-order valence-corrected chi connectivity index (χ0v) is 18.5. The number of ketones is 1. The maximum atomic E-state index is 11.1. The number of hydrogen-bond donors (Lipinski definition) is 1.